The number of carboxylic acids is 1. The van der Waals surface area contributed by atoms with Crippen molar-refractivity contribution >= 4 is 11.7 Å². The molecule has 3 aromatic rings. The van der Waals surface area contributed by atoms with Crippen molar-refractivity contribution in [3.05, 3.63) is 54.6 Å². The Bertz CT molecular complexity index is 803. The van der Waals surface area contributed by atoms with Crippen LogP contribution in [0, 0.1) is 0 Å². The van der Waals surface area contributed by atoms with Gasteiger partial charge in [-0.1, -0.05) is 0 Å². The fraction of sp³-hybridized carbons (Fsp3) is 0. The smallest absolute Gasteiger partial charge is 0.339 e. The Morgan fingerprint density at radius 2 is 2.05 bits per heavy atom. The number of aromatic carboxylic acids is 1. The standard InChI is InChI=1S/C15H12N2O4/c16-12-8-17(7-11(12)14-2-1-5-21-14)9-3-4-10(15(19)20)13(18)6-9/h1-8,18H,16H2,(H,19,20). The molecule has 21 heavy (non-hydrogen) atoms. The number of aromatic nitrogens is 1. The van der Waals surface area contributed by atoms with Crippen LogP contribution in [0.2, 0.25) is 0 Å². The lowest BCUT2D eigenvalue weighted by Gasteiger charge is -2.05. The van der Waals surface area contributed by atoms with Gasteiger partial charge < -0.3 is 24.9 Å². The molecule has 6 nitrogen and oxygen atoms in total. The van der Waals surface area contributed by atoms with Gasteiger partial charge in [0.15, 0.2) is 0 Å². The van der Waals surface area contributed by atoms with Crippen LogP contribution in [0.5, 0.6) is 5.75 Å². The second kappa shape index (κ2) is 4.75. The summed E-state index contributed by atoms with van der Waals surface area (Å²) in [6, 6.07) is 7.86. The summed E-state index contributed by atoms with van der Waals surface area (Å²) in [5.41, 5.74) is 7.64. The summed E-state index contributed by atoms with van der Waals surface area (Å²) in [7, 11) is 0. The molecule has 0 aliphatic heterocycles. The maximum Gasteiger partial charge on any atom is 0.339 e. The molecule has 0 aliphatic carbocycles. The van der Waals surface area contributed by atoms with Crippen LogP contribution in [-0.4, -0.2) is 20.7 Å². The zero-order chi connectivity index (χ0) is 15.0. The van der Waals surface area contributed by atoms with Gasteiger partial charge in [-0.15, -0.1) is 0 Å². The first-order valence-corrected chi connectivity index (χ1v) is 6.14. The number of phenols is 1. The third-order valence-corrected chi connectivity index (χ3v) is 3.15. The summed E-state index contributed by atoms with van der Waals surface area (Å²) in [4.78, 5) is 10.9. The number of nitrogens with two attached hydrogens (primary N) is 1. The molecule has 2 aromatic heterocycles. The Labute approximate surface area is 119 Å². The lowest BCUT2D eigenvalue weighted by atomic mass is 10.2. The Morgan fingerprint density at radius 3 is 2.67 bits per heavy atom. The molecule has 0 atom stereocenters. The number of nitrogen functional groups attached to an aromatic ring is 1. The summed E-state index contributed by atoms with van der Waals surface area (Å²) in [5.74, 6) is -0.841. The zero-order valence-electron chi connectivity index (χ0n) is 10.9. The number of furan rings is 1. The van der Waals surface area contributed by atoms with Crippen LogP contribution in [0.15, 0.2) is 53.4 Å². The highest BCUT2D eigenvalue weighted by Gasteiger charge is 2.13. The lowest BCUT2D eigenvalue weighted by molar-refractivity contribution is 0.0694. The van der Waals surface area contributed by atoms with Crippen LogP contribution in [0.1, 0.15) is 10.4 Å². The lowest BCUT2D eigenvalue weighted by Crippen LogP contribution is -1.98. The average Bonchev–Trinajstić information content (AvgIpc) is 3.07. The van der Waals surface area contributed by atoms with Gasteiger partial charge in [0.25, 0.3) is 0 Å². The number of anilines is 1. The fourth-order valence-corrected chi connectivity index (χ4v) is 2.12. The monoisotopic (exact) mass is 284 g/mol. The van der Waals surface area contributed by atoms with Gasteiger partial charge in [0.1, 0.15) is 17.1 Å². The van der Waals surface area contributed by atoms with E-state index >= 15 is 0 Å². The number of nitrogens with zero attached hydrogens (tertiary/aromatic N) is 1. The number of carbonyl (C=O) groups is 1. The van der Waals surface area contributed by atoms with Crippen molar-refractivity contribution in [3.8, 4) is 22.8 Å². The van der Waals surface area contributed by atoms with Crippen LogP contribution in [-0.2, 0) is 0 Å². The van der Waals surface area contributed by atoms with Crippen molar-refractivity contribution < 1.29 is 19.4 Å². The molecule has 0 fully saturated rings. The van der Waals surface area contributed by atoms with E-state index in [1.807, 2.05) is 0 Å². The van der Waals surface area contributed by atoms with E-state index in [0.717, 1.165) is 5.56 Å². The molecular weight excluding hydrogens is 272 g/mol. The van der Waals surface area contributed by atoms with Gasteiger partial charge in [-0.05, 0) is 24.3 Å². The topological polar surface area (TPSA) is 102 Å². The minimum absolute atomic E-state index is 0.148. The third kappa shape index (κ3) is 2.23. The molecular formula is C15H12N2O4. The van der Waals surface area contributed by atoms with Crippen LogP contribution in [0.3, 0.4) is 0 Å². The molecule has 0 saturated carbocycles. The molecule has 4 N–H and O–H groups in total. The molecule has 0 saturated heterocycles. The fourth-order valence-electron chi connectivity index (χ4n) is 2.12. The maximum atomic E-state index is 10.9. The van der Waals surface area contributed by atoms with Crippen molar-refractivity contribution in [1.82, 2.24) is 4.57 Å². The Hall–Kier alpha value is -3.15. The number of benzene rings is 1. The molecule has 1 aromatic carbocycles. The maximum absolute atomic E-state index is 10.9. The van der Waals surface area contributed by atoms with Crippen molar-refractivity contribution in [2.75, 3.05) is 5.73 Å². The Balaban J connectivity index is 2.04. The van der Waals surface area contributed by atoms with E-state index in [-0.39, 0.29) is 11.3 Å². The van der Waals surface area contributed by atoms with Crippen LogP contribution >= 0.6 is 0 Å². The van der Waals surface area contributed by atoms with Crippen LogP contribution < -0.4 is 5.73 Å². The van der Waals surface area contributed by atoms with Crippen molar-refractivity contribution in [3.63, 3.8) is 0 Å². The number of aromatic hydroxyl groups is 1. The minimum atomic E-state index is -1.18. The molecule has 0 radical (unpaired) electrons. The molecule has 0 aliphatic rings. The first-order chi connectivity index (χ1) is 10.1. The molecule has 0 amide bonds. The van der Waals surface area contributed by atoms with Gasteiger partial charge in [-0.2, -0.15) is 0 Å². The van der Waals surface area contributed by atoms with Crippen molar-refractivity contribution in [2.24, 2.45) is 0 Å². The molecule has 106 valence electrons. The Kier molecular flexibility index (Phi) is 2.91. The second-order valence-electron chi connectivity index (χ2n) is 4.52. The highest BCUT2D eigenvalue weighted by molar-refractivity contribution is 5.91. The van der Waals surface area contributed by atoms with E-state index in [2.05, 4.69) is 0 Å². The third-order valence-electron chi connectivity index (χ3n) is 3.15. The van der Waals surface area contributed by atoms with E-state index in [1.165, 1.54) is 12.1 Å². The molecule has 6 heteroatoms. The zero-order valence-corrected chi connectivity index (χ0v) is 10.9. The first-order valence-electron chi connectivity index (χ1n) is 6.14. The van der Waals surface area contributed by atoms with Gasteiger partial charge in [0, 0.05) is 24.1 Å². The molecule has 0 spiro atoms. The van der Waals surface area contributed by atoms with E-state index in [1.54, 1.807) is 41.4 Å². The van der Waals surface area contributed by atoms with E-state index in [0.29, 0.717) is 17.1 Å². The highest BCUT2D eigenvalue weighted by atomic mass is 16.4. The quantitative estimate of drug-likeness (QED) is 0.686. The normalized spacial score (nSPS) is 10.7. The summed E-state index contributed by atoms with van der Waals surface area (Å²) >= 11 is 0. The van der Waals surface area contributed by atoms with E-state index in [4.69, 9.17) is 15.3 Å². The molecule has 2 heterocycles. The molecule has 0 bridgehead atoms. The minimum Gasteiger partial charge on any atom is -0.507 e. The summed E-state index contributed by atoms with van der Waals surface area (Å²) in [6.45, 7) is 0. The van der Waals surface area contributed by atoms with E-state index < -0.39 is 5.97 Å². The van der Waals surface area contributed by atoms with Crippen molar-refractivity contribution in [1.29, 1.82) is 0 Å². The van der Waals surface area contributed by atoms with Crippen molar-refractivity contribution in [2.45, 2.75) is 0 Å². The van der Waals surface area contributed by atoms with Gasteiger partial charge >= 0.3 is 5.97 Å². The first kappa shape index (κ1) is 12.9. The summed E-state index contributed by atoms with van der Waals surface area (Å²) in [6.07, 6.45) is 4.98. The predicted octanol–water partition coefficient (Wildman–Crippen LogP) is 2.72. The SMILES string of the molecule is Nc1cn(-c2ccc(C(=O)O)c(O)c2)cc1-c1ccco1. The van der Waals surface area contributed by atoms with Gasteiger partial charge in [0.2, 0.25) is 0 Å². The molecule has 0 unspecified atom stereocenters. The van der Waals surface area contributed by atoms with Gasteiger partial charge in [0.05, 0.1) is 17.5 Å². The predicted molar refractivity (Wildman–Crippen MR) is 76.5 cm³/mol. The molecule has 3 rings (SSSR count). The number of hydrogen-bond donors (Lipinski definition) is 3. The average molecular weight is 284 g/mol. The number of carboxylic acid groups (broad SMARTS) is 1. The number of rotatable bonds is 3. The Morgan fingerprint density at radius 1 is 1.24 bits per heavy atom. The second-order valence-corrected chi connectivity index (χ2v) is 4.52. The summed E-state index contributed by atoms with van der Waals surface area (Å²) in [5, 5.41) is 18.6. The highest BCUT2D eigenvalue weighted by Crippen LogP contribution is 2.30. The number of hydrogen-bond acceptors (Lipinski definition) is 4. The van der Waals surface area contributed by atoms with E-state index in [9.17, 15) is 9.90 Å². The van der Waals surface area contributed by atoms with Crippen LogP contribution in [0.4, 0.5) is 5.69 Å². The van der Waals surface area contributed by atoms with Gasteiger partial charge in [-0.25, -0.2) is 4.79 Å². The van der Waals surface area contributed by atoms with Gasteiger partial charge in [-0.3, -0.25) is 0 Å². The van der Waals surface area contributed by atoms with Crippen LogP contribution in [0.25, 0.3) is 17.0 Å². The summed E-state index contributed by atoms with van der Waals surface area (Å²) < 4.78 is 7.00. The largest absolute Gasteiger partial charge is 0.507 e.